The molecule has 0 spiro atoms. The molecule has 0 atom stereocenters. The van der Waals surface area contributed by atoms with E-state index >= 15 is 0 Å². The quantitative estimate of drug-likeness (QED) is 0.549. The van der Waals surface area contributed by atoms with Crippen molar-refractivity contribution in [1.29, 1.82) is 0 Å². The number of piperazine rings is 1. The summed E-state index contributed by atoms with van der Waals surface area (Å²) in [7, 11) is 0. The molecule has 1 fully saturated rings. The van der Waals surface area contributed by atoms with E-state index in [2.05, 4.69) is 48.2 Å². The zero-order valence-electron chi connectivity index (χ0n) is 15.5. The molecule has 0 N–H and O–H groups in total. The molecule has 3 aromatic heterocycles. The molecule has 1 aliphatic heterocycles. The molecule has 4 aromatic rings. The smallest absolute Gasteiger partial charge is 0.180 e. The zero-order chi connectivity index (χ0) is 18.8. The average molecular weight is 371 g/mol. The van der Waals surface area contributed by atoms with Gasteiger partial charge >= 0.3 is 0 Å². The number of para-hydroxylation sites is 1. The topological polar surface area (TPSA) is 63.0 Å². The third kappa shape index (κ3) is 3.44. The van der Waals surface area contributed by atoms with Gasteiger partial charge in [-0.15, -0.1) is 0 Å². The maximum Gasteiger partial charge on any atom is 0.180 e. The van der Waals surface area contributed by atoms with Crippen LogP contribution in [0.2, 0.25) is 0 Å². The number of pyridine rings is 1. The molecule has 0 amide bonds. The van der Waals surface area contributed by atoms with Crippen LogP contribution in [0.4, 0.5) is 5.82 Å². The Balaban J connectivity index is 1.22. The van der Waals surface area contributed by atoms with E-state index in [1.807, 2.05) is 41.2 Å². The molecule has 4 heterocycles. The van der Waals surface area contributed by atoms with Crippen molar-refractivity contribution in [1.82, 2.24) is 29.6 Å². The molecule has 0 radical (unpaired) electrons. The van der Waals surface area contributed by atoms with Gasteiger partial charge in [-0.05, 0) is 24.3 Å². The molecule has 0 saturated carbocycles. The number of fused-ring (bicyclic) bond motifs is 1. The van der Waals surface area contributed by atoms with Gasteiger partial charge in [0.1, 0.15) is 11.3 Å². The highest BCUT2D eigenvalue weighted by atomic mass is 15.3. The molecule has 28 heavy (non-hydrogen) atoms. The summed E-state index contributed by atoms with van der Waals surface area (Å²) in [6, 6.07) is 14.2. The molecule has 0 aliphatic carbocycles. The van der Waals surface area contributed by atoms with Crippen molar-refractivity contribution in [2.24, 2.45) is 0 Å². The summed E-state index contributed by atoms with van der Waals surface area (Å²) in [5, 5.41) is 4.50. The van der Waals surface area contributed by atoms with Crippen molar-refractivity contribution in [2.45, 2.75) is 6.54 Å². The van der Waals surface area contributed by atoms with Crippen LogP contribution in [0.5, 0.6) is 0 Å². The average Bonchev–Trinajstić information content (AvgIpc) is 3.23. The maximum absolute atomic E-state index is 4.67. The number of aromatic nitrogens is 5. The van der Waals surface area contributed by atoms with E-state index in [1.54, 1.807) is 12.4 Å². The molecule has 140 valence electrons. The van der Waals surface area contributed by atoms with Crippen molar-refractivity contribution >= 4 is 17.0 Å². The first-order valence-electron chi connectivity index (χ1n) is 9.49. The molecular weight excluding hydrogens is 350 g/mol. The van der Waals surface area contributed by atoms with Gasteiger partial charge in [0.25, 0.3) is 0 Å². The Bertz CT molecular complexity index is 1070. The van der Waals surface area contributed by atoms with Crippen LogP contribution < -0.4 is 4.90 Å². The fraction of sp³-hybridized carbons (Fsp3) is 0.238. The van der Waals surface area contributed by atoms with Crippen molar-refractivity contribution in [3.63, 3.8) is 0 Å². The Labute approximate surface area is 163 Å². The minimum Gasteiger partial charge on any atom is -0.354 e. The Kier molecular flexibility index (Phi) is 4.42. The van der Waals surface area contributed by atoms with E-state index < -0.39 is 0 Å². The van der Waals surface area contributed by atoms with E-state index in [0.717, 1.165) is 49.7 Å². The molecule has 7 heteroatoms. The molecule has 1 saturated heterocycles. The first-order chi connectivity index (χ1) is 13.8. The van der Waals surface area contributed by atoms with Crippen LogP contribution in [0.3, 0.4) is 0 Å². The number of nitrogens with zero attached hydrogens (tertiary/aromatic N) is 7. The third-order valence-corrected chi connectivity index (χ3v) is 5.08. The Morgan fingerprint density at radius 1 is 0.857 bits per heavy atom. The van der Waals surface area contributed by atoms with Gasteiger partial charge < -0.3 is 4.90 Å². The fourth-order valence-corrected chi connectivity index (χ4v) is 3.58. The Morgan fingerprint density at radius 2 is 1.68 bits per heavy atom. The maximum atomic E-state index is 4.67. The summed E-state index contributed by atoms with van der Waals surface area (Å²) in [6.45, 7) is 4.81. The van der Waals surface area contributed by atoms with Gasteiger partial charge in [-0.1, -0.05) is 18.2 Å². The van der Waals surface area contributed by atoms with E-state index in [4.69, 9.17) is 0 Å². The number of rotatable bonds is 4. The van der Waals surface area contributed by atoms with Crippen LogP contribution in [0.1, 0.15) is 5.56 Å². The lowest BCUT2D eigenvalue weighted by Gasteiger charge is -2.35. The number of anilines is 1. The summed E-state index contributed by atoms with van der Waals surface area (Å²) in [6.07, 6.45) is 7.46. The van der Waals surface area contributed by atoms with Gasteiger partial charge in [-0.25, -0.2) is 14.6 Å². The summed E-state index contributed by atoms with van der Waals surface area (Å²) < 4.78 is 1.94. The second-order valence-corrected chi connectivity index (χ2v) is 6.96. The van der Waals surface area contributed by atoms with Gasteiger partial charge in [0.2, 0.25) is 0 Å². The van der Waals surface area contributed by atoms with Crippen LogP contribution in [-0.4, -0.2) is 55.8 Å². The number of benzene rings is 1. The minimum absolute atomic E-state index is 0.704. The van der Waals surface area contributed by atoms with Crippen LogP contribution in [0.25, 0.3) is 16.9 Å². The predicted molar refractivity (Wildman–Crippen MR) is 108 cm³/mol. The van der Waals surface area contributed by atoms with Crippen molar-refractivity contribution in [3.05, 3.63) is 72.8 Å². The lowest BCUT2D eigenvalue weighted by molar-refractivity contribution is 0.249. The molecule has 1 aliphatic rings. The van der Waals surface area contributed by atoms with Gasteiger partial charge in [-0.2, -0.15) is 5.10 Å². The van der Waals surface area contributed by atoms with E-state index in [-0.39, 0.29) is 0 Å². The zero-order valence-corrected chi connectivity index (χ0v) is 15.5. The van der Waals surface area contributed by atoms with E-state index in [1.165, 1.54) is 5.56 Å². The molecular formula is C21H21N7. The van der Waals surface area contributed by atoms with E-state index in [0.29, 0.717) is 5.65 Å². The first-order valence-corrected chi connectivity index (χ1v) is 9.49. The van der Waals surface area contributed by atoms with E-state index in [9.17, 15) is 0 Å². The normalized spacial score (nSPS) is 15.2. The standard InChI is InChI=1S/C21H21N7/c1-2-4-18(5-3-1)28-16-17(14-24-28)15-26-10-12-27(13-11-26)20-7-6-19-21(25-20)23-9-8-22-19/h1-9,14,16H,10-13,15H2. The molecule has 1 aromatic carbocycles. The summed E-state index contributed by atoms with van der Waals surface area (Å²) in [5.41, 5.74) is 3.86. The van der Waals surface area contributed by atoms with Crippen molar-refractivity contribution < 1.29 is 0 Å². The van der Waals surface area contributed by atoms with Crippen LogP contribution in [0, 0.1) is 0 Å². The third-order valence-electron chi connectivity index (χ3n) is 5.08. The van der Waals surface area contributed by atoms with Gasteiger partial charge in [0, 0.05) is 56.9 Å². The highest BCUT2D eigenvalue weighted by Crippen LogP contribution is 2.18. The minimum atomic E-state index is 0.704. The summed E-state index contributed by atoms with van der Waals surface area (Å²) in [4.78, 5) is 18.1. The monoisotopic (exact) mass is 371 g/mol. The summed E-state index contributed by atoms with van der Waals surface area (Å²) >= 11 is 0. The van der Waals surface area contributed by atoms with Crippen LogP contribution in [-0.2, 0) is 6.54 Å². The van der Waals surface area contributed by atoms with Gasteiger partial charge in [0.05, 0.1) is 11.9 Å². The van der Waals surface area contributed by atoms with Crippen molar-refractivity contribution in [2.75, 3.05) is 31.1 Å². The molecule has 0 bridgehead atoms. The summed E-state index contributed by atoms with van der Waals surface area (Å²) in [5.74, 6) is 0.976. The highest BCUT2D eigenvalue weighted by molar-refractivity contribution is 5.71. The molecule has 5 rings (SSSR count). The largest absolute Gasteiger partial charge is 0.354 e. The Hall–Kier alpha value is -3.32. The predicted octanol–water partition coefficient (Wildman–Crippen LogP) is 2.53. The lowest BCUT2D eigenvalue weighted by Crippen LogP contribution is -2.46. The number of hydrogen-bond acceptors (Lipinski definition) is 6. The van der Waals surface area contributed by atoms with Crippen molar-refractivity contribution in [3.8, 4) is 5.69 Å². The SMILES string of the molecule is c1ccc(-n2cc(CN3CCN(c4ccc5nccnc5n4)CC3)cn2)cc1. The van der Waals surface area contributed by atoms with Crippen LogP contribution >= 0.6 is 0 Å². The number of hydrogen-bond donors (Lipinski definition) is 0. The lowest BCUT2D eigenvalue weighted by atomic mass is 10.2. The van der Waals surface area contributed by atoms with Crippen LogP contribution in [0.15, 0.2) is 67.3 Å². The second-order valence-electron chi connectivity index (χ2n) is 6.96. The first kappa shape index (κ1) is 16.8. The van der Waals surface area contributed by atoms with Gasteiger partial charge in [0.15, 0.2) is 5.65 Å². The molecule has 7 nitrogen and oxygen atoms in total. The molecule has 0 unspecified atom stereocenters. The van der Waals surface area contributed by atoms with Gasteiger partial charge in [-0.3, -0.25) is 9.88 Å². The highest BCUT2D eigenvalue weighted by Gasteiger charge is 2.19. The fourth-order valence-electron chi connectivity index (χ4n) is 3.58. The second kappa shape index (κ2) is 7.36. The Morgan fingerprint density at radius 3 is 2.54 bits per heavy atom.